The van der Waals surface area contributed by atoms with Gasteiger partial charge in [-0.1, -0.05) is 23.7 Å². The lowest BCUT2D eigenvalue weighted by atomic mass is 9.98. The van der Waals surface area contributed by atoms with Crippen LogP contribution in [-0.4, -0.2) is 19.6 Å². The van der Waals surface area contributed by atoms with Gasteiger partial charge in [-0.3, -0.25) is 0 Å². The lowest BCUT2D eigenvalue weighted by Crippen LogP contribution is -2.33. The first-order chi connectivity index (χ1) is 10.7. The fraction of sp³-hybridized carbons (Fsp3) is 0.444. The lowest BCUT2D eigenvalue weighted by Gasteiger charge is -2.22. The van der Waals surface area contributed by atoms with Gasteiger partial charge in [0.15, 0.2) is 0 Å². The molecule has 0 bridgehead atoms. The predicted octanol–water partition coefficient (Wildman–Crippen LogP) is 4.00. The largest absolute Gasteiger partial charge is 0.460 e. The number of halogens is 1. The average molecular weight is 319 g/mol. The van der Waals surface area contributed by atoms with Crippen LogP contribution < -0.4 is 10.6 Å². The Morgan fingerprint density at radius 2 is 2.05 bits per heavy atom. The summed E-state index contributed by atoms with van der Waals surface area (Å²) in [5.74, 6) is 2.65. The minimum Gasteiger partial charge on any atom is -0.460 e. The zero-order valence-electron chi connectivity index (χ0n) is 13.0. The molecule has 22 heavy (non-hydrogen) atoms. The first kappa shape index (κ1) is 15.6. The van der Waals surface area contributed by atoms with Gasteiger partial charge < -0.3 is 15.1 Å². The van der Waals surface area contributed by atoms with Gasteiger partial charge >= 0.3 is 0 Å². The van der Waals surface area contributed by atoms with Crippen molar-refractivity contribution in [3.8, 4) is 11.3 Å². The molecule has 118 valence electrons. The summed E-state index contributed by atoms with van der Waals surface area (Å²) in [6.07, 6.45) is 2.52. The average Bonchev–Trinajstić information content (AvgIpc) is 3.00. The van der Waals surface area contributed by atoms with E-state index in [9.17, 15) is 0 Å². The first-order valence-corrected chi connectivity index (χ1v) is 8.37. The Labute approximate surface area is 137 Å². The Bertz CT molecular complexity index is 617. The molecule has 0 amide bonds. The summed E-state index contributed by atoms with van der Waals surface area (Å²) in [5, 5.41) is 7.69. The molecule has 2 heterocycles. The molecule has 4 heteroatoms. The Kier molecular flexibility index (Phi) is 5.19. The third-order valence-corrected chi connectivity index (χ3v) is 4.80. The van der Waals surface area contributed by atoms with E-state index in [2.05, 4.69) is 10.6 Å². The molecule has 2 aromatic rings. The zero-order valence-corrected chi connectivity index (χ0v) is 13.7. The van der Waals surface area contributed by atoms with E-state index in [1.165, 1.54) is 12.8 Å². The van der Waals surface area contributed by atoms with Gasteiger partial charge in [0.05, 0.1) is 6.54 Å². The molecule has 0 atom stereocenters. The normalized spacial score (nSPS) is 16.1. The molecular weight excluding hydrogens is 296 g/mol. The molecule has 2 N–H and O–H groups in total. The van der Waals surface area contributed by atoms with Crippen LogP contribution >= 0.6 is 11.6 Å². The molecule has 1 fully saturated rings. The van der Waals surface area contributed by atoms with E-state index >= 15 is 0 Å². The van der Waals surface area contributed by atoms with Crippen molar-refractivity contribution in [2.45, 2.75) is 26.3 Å². The third kappa shape index (κ3) is 3.72. The predicted molar refractivity (Wildman–Crippen MR) is 91.2 cm³/mol. The second kappa shape index (κ2) is 7.32. The van der Waals surface area contributed by atoms with Crippen LogP contribution in [0.15, 0.2) is 34.7 Å². The number of benzene rings is 1. The number of nitrogens with one attached hydrogen (secondary N) is 2. The highest BCUT2D eigenvalue weighted by Gasteiger charge is 2.13. The molecule has 3 rings (SSSR count). The van der Waals surface area contributed by atoms with Crippen molar-refractivity contribution in [1.29, 1.82) is 0 Å². The number of hydrogen-bond acceptors (Lipinski definition) is 3. The maximum Gasteiger partial charge on any atom is 0.134 e. The molecule has 1 aromatic heterocycles. The highest BCUT2D eigenvalue weighted by molar-refractivity contribution is 6.31. The summed E-state index contributed by atoms with van der Waals surface area (Å²) < 4.78 is 5.96. The Balaban J connectivity index is 1.58. The Hall–Kier alpha value is -1.29. The van der Waals surface area contributed by atoms with Gasteiger partial charge in [0, 0.05) is 10.6 Å². The number of rotatable bonds is 5. The van der Waals surface area contributed by atoms with Crippen molar-refractivity contribution >= 4 is 11.6 Å². The summed E-state index contributed by atoms with van der Waals surface area (Å²) in [5.41, 5.74) is 2.13. The van der Waals surface area contributed by atoms with Gasteiger partial charge in [0.1, 0.15) is 11.5 Å². The molecule has 0 aliphatic carbocycles. The monoisotopic (exact) mass is 318 g/mol. The SMILES string of the molecule is Cc1c(Cl)cccc1-c1ccc(CNCC2CCNCC2)o1. The van der Waals surface area contributed by atoms with Crippen molar-refractivity contribution in [2.75, 3.05) is 19.6 Å². The van der Waals surface area contributed by atoms with Gasteiger partial charge in [-0.15, -0.1) is 0 Å². The second-order valence-electron chi connectivity index (χ2n) is 6.00. The summed E-state index contributed by atoms with van der Waals surface area (Å²) in [6, 6.07) is 9.99. The summed E-state index contributed by atoms with van der Waals surface area (Å²) >= 11 is 6.18. The van der Waals surface area contributed by atoms with E-state index in [-0.39, 0.29) is 0 Å². The van der Waals surface area contributed by atoms with E-state index in [1.54, 1.807) is 0 Å². The first-order valence-electron chi connectivity index (χ1n) is 7.99. The van der Waals surface area contributed by atoms with Crippen LogP contribution in [0.4, 0.5) is 0 Å². The van der Waals surface area contributed by atoms with Crippen molar-refractivity contribution < 1.29 is 4.42 Å². The van der Waals surface area contributed by atoms with E-state index in [0.717, 1.165) is 59.8 Å². The van der Waals surface area contributed by atoms with Gasteiger partial charge in [-0.25, -0.2) is 0 Å². The maximum atomic E-state index is 6.18. The van der Waals surface area contributed by atoms with E-state index in [4.69, 9.17) is 16.0 Å². The molecule has 0 saturated carbocycles. The van der Waals surface area contributed by atoms with Crippen LogP contribution in [0.2, 0.25) is 5.02 Å². The smallest absolute Gasteiger partial charge is 0.134 e. The van der Waals surface area contributed by atoms with Crippen LogP contribution in [-0.2, 0) is 6.54 Å². The summed E-state index contributed by atoms with van der Waals surface area (Å²) in [4.78, 5) is 0. The zero-order chi connectivity index (χ0) is 15.4. The minimum atomic E-state index is 0.777. The fourth-order valence-electron chi connectivity index (χ4n) is 2.98. The quantitative estimate of drug-likeness (QED) is 0.875. The van der Waals surface area contributed by atoms with Crippen molar-refractivity contribution in [1.82, 2.24) is 10.6 Å². The van der Waals surface area contributed by atoms with Gasteiger partial charge in [0.25, 0.3) is 0 Å². The minimum absolute atomic E-state index is 0.777. The molecule has 0 spiro atoms. The van der Waals surface area contributed by atoms with Gasteiger partial charge in [0.2, 0.25) is 0 Å². The maximum absolute atomic E-state index is 6.18. The summed E-state index contributed by atoms with van der Waals surface area (Å²) in [6.45, 7) is 6.16. The summed E-state index contributed by atoms with van der Waals surface area (Å²) in [7, 11) is 0. The Morgan fingerprint density at radius 3 is 2.86 bits per heavy atom. The van der Waals surface area contributed by atoms with Crippen LogP contribution in [0.25, 0.3) is 11.3 Å². The van der Waals surface area contributed by atoms with E-state index < -0.39 is 0 Å². The third-order valence-electron chi connectivity index (χ3n) is 4.39. The van der Waals surface area contributed by atoms with Crippen LogP contribution in [0, 0.1) is 12.8 Å². The van der Waals surface area contributed by atoms with Crippen molar-refractivity contribution in [2.24, 2.45) is 5.92 Å². The number of hydrogen-bond donors (Lipinski definition) is 2. The highest BCUT2D eigenvalue weighted by atomic mass is 35.5. The molecule has 1 aromatic carbocycles. The van der Waals surface area contributed by atoms with Crippen LogP contribution in [0.1, 0.15) is 24.2 Å². The lowest BCUT2D eigenvalue weighted by molar-refractivity contribution is 0.350. The number of furan rings is 1. The second-order valence-corrected chi connectivity index (χ2v) is 6.41. The Morgan fingerprint density at radius 1 is 1.23 bits per heavy atom. The topological polar surface area (TPSA) is 37.2 Å². The molecule has 1 saturated heterocycles. The molecule has 0 unspecified atom stereocenters. The van der Waals surface area contributed by atoms with Crippen molar-refractivity contribution in [3.05, 3.63) is 46.7 Å². The van der Waals surface area contributed by atoms with Crippen LogP contribution in [0.5, 0.6) is 0 Å². The fourth-order valence-corrected chi connectivity index (χ4v) is 3.15. The van der Waals surface area contributed by atoms with Gasteiger partial charge in [-0.2, -0.15) is 0 Å². The molecule has 3 nitrogen and oxygen atoms in total. The number of piperidine rings is 1. The van der Waals surface area contributed by atoms with Crippen LogP contribution in [0.3, 0.4) is 0 Å². The molecule has 1 aliphatic rings. The van der Waals surface area contributed by atoms with Gasteiger partial charge in [-0.05, 0) is 69.1 Å². The molecule has 0 radical (unpaired) electrons. The van der Waals surface area contributed by atoms with E-state index in [1.807, 2.05) is 37.3 Å². The highest BCUT2D eigenvalue weighted by Crippen LogP contribution is 2.29. The molecule has 1 aliphatic heterocycles. The van der Waals surface area contributed by atoms with Crippen molar-refractivity contribution in [3.63, 3.8) is 0 Å². The molecular formula is C18H23ClN2O. The van der Waals surface area contributed by atoms with E-state index in [0.29, 0.717) is 0 Å². The standard InChI is InChI=1S/C18H23ClN2O/c1-13-16(3-2-4-17(13)19)18-6-5-15(22-18)12-21-11-14-7-9-20-10-8-14/h2-6,14,20-21H,7-12H2,1H3.